The number of amidine groups is 1. The maximum absolute atomic E-state index is 11.5. The molecule has 0 aliphatic carbocycles. The van der Waals surface area contributed by atoms with Gasteiger partial charge in [-0.2, -0.15) is 0 Å². The van der Waals surface area contributed by atoms with Crippen LogP contribution >= 0.6 is 11.8 Å². The number of hydrogen-bond acceptors (Lipinski definition) is 7. The Bertz CT molecular complexity index is 681. The summed E-state index contributed by atoms with van der Waals surface area (Å²) >= 11 is 1.65. The molecule has 8 nitrogen and oxygen atoms in total. The average Bonchev–Trinajstić information content (AvgIpc) is 2.67. The highest BCUT2D eigenvalue weighted by Gasteiger charge is 2.29. The van der Waals surface area contributed by atoms with Gasteiger partial charge in [0.15, 0.2) is 5.76 Å². The summed E-state index contributed by atoms with van der Waals surface area (Å²) in [6, 6.07) is 0.0818. The summed E-state index contributed by atoms with van der Waals surface area (Å²) in [5, 5.41) is 7.53. The van der Waals surface area contributed by atoms with Crippen LogP contribution in [0, 0.1) is 0 Å². The number of allylic oxidation sites excluding steroid dienone is 3. The number of hydrogen-bond donors (Lipinski definition) is 4. The first kappa shape index (κ1) is 22.7. The molecule has 0 aromatic rings. The van der Waals surface area contributed by atoms with Gasteiger partial charge in [0.1, 0.15) is 12.4 Å². The first-order chi connectivity index (χ1) is 12.9. The molecule has 0 aromatic carbocycles. The van der Waals surface area contributed by atoms with Crippen molar-refractivity contribution in [1.82, 2.24) is 21.0 Å². The van der Waals surface area contributed by atoms with Crippen molar-refractivity contribution >= 4 is 23.5 Å². The Morgan fingerprint density at radius 1 is 1.52 bits per heavy atom. The minimum Gasteiger partial charge on any atom is -0.484 e. The predicted molar refractivity (Wildman–Crippen MR) is 112 cm³/mol. The van der Waals surface area contributed by atoms with Crippen molar-refractivity contribution < 1.29 is 9.53 Å². The van der Waals surface area contributed by atoms with Crippen LogP contribution in [0.1, 0.15) is 20.8 Å². The maximum atomic E-state index is 11.5. The summed E-state index contributed by atoms with van der Waals surface area (Å²) < 4.78 is 5.45. The van der Waals surface area contributed by atoms with Crippen LogP contribution in [-0.4, -0.2) is 49.6 Å². The van der Waals surface area contributed by atoms with E-state index in [0.29, 0.717) is 0 Å². The summed E-state index contributed by atoms with van der Waals surface area (Å²) in [6.07, 6.45) is 9.32. The van der Waals surface area contributed by atoms with Gasteiger partial charge in [-0.15, -0.1) is 11.8 Å². The number of amides is 1. The standard InChI is InChI=1S/C18H30N6O2S/c1-7-15(17(25)23-19)26-10-8-9-14-18(27-6)24(12(2)11-20-4)13(3)16(21-5)22-14/h7-9,11,13,20H,10,19H2,1-6H3,(H,21,22)(H,23,25)/b9-8+,12-11-,15-7-. The number of carbonyl (C=O) groups is 1. The molecule has 0 bridgehead atoms. The fourth-order valence-corrected chi connectivity index (χ4v) is 3.52. The highest BCUT2D eigenvalue weighted by atomic mass is 32.2. The Morgan fingerprint density at radius 2 is 2.22 bits per heavy atom. The number of ether oxygens (including phenoxy) is 1. The maximum Gasteiger partial charge on any atom is 0.299 e. The van der Waals surface area contributed by atoms with Gasteiger partial charge < -0.3 is 20.3 Å². The second kappa shape index (κ2) is 11.3. The van der Waals surface area contributed by atoms with Gasteiger partial charge in [0, 0.05) is 26.0 Å². The van der Waals surface area contributed by atoms with Crippen LogP contribution < -0.4 is 21.9 Å². The summed E-state index contributed by atoms with van der Waals surface area (Å²) in [4.78, 5) is 18.1. The Kier molecular flexibility index (Phi) is 9.52. The van der Waals surface area contributed by atoms with Crippen LogP contribution in [0.2, 0.25) is 0 Å². The molecule has 27 heavy (non-hydrogen) atoms. The van der Waals surface area contributed by atoms with Crippen molar-refractivity contribution in [3.8, 4) is 0 Å². The zero-order valence-corrected chi connectivity index (χ0v) is 17.6. The lowest BCUT2D eigenvalue weighted by Crippen LogP contribution is -2.48. The minimum absolute atomic E-state index is 0.0818. The van der Waals surface area contributed by atoms with Crippen molar-refractivity contribution in [3.63, 3.8) is 0 Å². The Hall–Kier alpha value is -2.39. The van der Waals surface area contributed by atoms with Gasteiger partial charge in [-0.1, -0.05) is 0 Å². The Labute approximate surface area is 165 Å². The lowest BCUT2D eigenvalue weighted by atomic mass is 10.1. The molecular weight excluding hydrogens is 364 g/mol. The lowest BCUT2D eigenvalue weighted by Gasteiger charge is -2.39. The SMILES string of the molecule is C/C=C(\OC/C=C/C1=C(SC)N(/C(C)=C\NC)C(C)C(=NC)N1)C(=O)NN. The first-order valence-corrected chi connectivity index (χ1v) is 9.79. The summed E-state index contributed by atoms with van der Waals surface area (Å²) in [7, 11) is 3.65. The van der Waals surface area contributed by atoms with E-state index in [1.165, 1.54) is 0 Å². The van der Waals surface area contributed by atoms with Crippen molar-refractivity contribution in [2.24, 2.45) is 10.8 Å². The molecule has 1 aliphatic rings. The largest absolute Gasteiger partial charge is 0.484 e. The van der Waals surface area contributed by atoms with E-state index >= 15 is 0 Å². The fraction of sp³-hybridized carbons (Fsp3) is 0.444. The second-order valence-electron chi connectivity index (χ2n) is 5.62. The molecule has 0 aromatic heterocycles. The van der Waals surface area contributed by atoms with Gasteiger partial charge in [-0.3, -0.25) is 15.2 Å². The van der Waals surface area contributed by atoms with E-state index in [1.807, 2.05) is 31.7 Å². The number of rotatable bonds is 8. The monoisotopic (exact) mass is 394 g/mol. The van der Waals surface area contributed by atoms with Crippen molar-refractivity contribution in [2.45, 2.75) is 26.8 Å². The van der Waals surface area contributed by atoms with Crippen LogP contribution in [0.5, 0.6) is 0 Å². The normalized spacial score (nSPS) is 20.2. The van der Waals surface area contributed by atoms with E-state index in [-0.39, 0.29) is 18.4 Å². The molecular formula is C18H30N6O2S. The van der Waals surface area contributed by atoms with Crippen LogP contribution in [-0.2, 0) is 9.53 Å². The number of aliphatic imine (C=N–C) groups is 1. The highest BCUT2D eigenvalue weighted by Crippen LogP contribution is 2.31. The van der Waals surface area contributed by atoms with Crippen molar-refractivity contribution in [2.75, 3.05) is 27.0 Å². The summed E-state index contributed by atoms with van der Waals surface area (Å²) in [5.41, 5.74) is 4.05. The lowest BCUT2D eigenvalue weighted by molar-refractivity contribution is -0.120. The van der Waals surface area contributed by atoms with Crippen LogP contribution in [0.3, 0.4) is 0 Å². The van der Waals surface area contributed by atoms with Gasteiger partial charge in [0.2, 0.25) is 0 Å². The van der Waals surface area contributed by atoms with Gasteiger partial charge in [-0.25, -0.2) is 5.84 Å². The molecule has 1 unspecified atom stereocenters. The van der Waals surface area contributed by atoms with E-state index in [9.17, 15) is 4.79 Å². The molecule has 9 heteroatoms. The number of nitrogens with one attached hydrogen (secondary N) is 3. The van der Waals surface area contributed by atoms with E-state index in [2.05, 4.69) is 39.8 Å². The molecule has 1 amide bonds. The molecule has 1 aliphatic heterocycles. The molecule has 1 atom stereocenters. The molecule has 1 heterocycles. The molecule has 5 N–H and O–H groups in total. The number of nitrogens with zero attached hydrogens (tertiary/aromatic N) is 2. The molecule has 0 saturated carbocycles. The van der Waals surface area contributed by atoms with E-state index in [1.54, 1.807) is 31.8 Å². The van der Waals surface area contributed by atoms with Gasteiger partial charge in [0.25, 0.3) is 5.91 Å². The third kappa shape index (κ3) is 5.80. The quantitative estimate of drug-likeness (QED) is 0.162. The predicted octanol–water partition coefficient (Wildman–Crippen LogP) is 1.39. The Morgan fingerprint density at radius 3 is 2.74 bits per heavy atom. The first-order valence-electron chi connectivity index (χ1n) is 8.56. The second-order valence-corrected chi connectivity index (χ2v) is 6.41. The summed E-state index contributed by atoms with van der Waals surface area (Å²) in [6.45, 7) is 6.10. The zero-order chi connectivity index (χ0) is 20.4. The molecule has 0 fully saturated rings. The average molecular weight is 395 g/mol. The van der Waals surface area contributed by atoms with E-state index < -0.39 is 5.91 Å². The van der Waals surface area contributed by atoms with Crippen molar-refractivity contribution in [1.29, 1.82) is 0 Å². The number of carbonyl (C=O) groups excluding carboxylic acids is 1. The topological polar surface area (TPSA) is 104 Å². The van der Waals surface area contributed by atoms with Crippen LogP contribution in [0.25, 0.3) is 0 Å². The van der Waals surface area contributed by atoms with Crippen molar-refractivity contribution in [3.05, 3.63) is 46.6 Å². The molecule has 1 rings (SSSR count). The molecule has 0 spiro atoms. The number of thioether (sulfide) groups is 1. The Balaban J connectivity index is 3.08. The third-order valence-corrected chi connectivity index (χ3v) is 4.70. The van der Waals surface area contributed by atoms with Gasteiger partial charge >= 0.3 is 0 Å². The third-order valence-electron chi connectivity index (χ3n) is 3.90. The molecule has 0 saturated heterocycles. The minimum atomic E-state index is -0.459. The van der Waals surface area contributed by atoms with Gasteiger partial charge in [-0.05, 0) is 45.3 Å². The van der Waals surface area contributed by atoms with Crippen LogP contribution in [0.15, 0.2) is 51.6 Å². The molecule has 150 valence electrons. The van der Waals surface area contributed by atoms with Crippen LogP contribution in [0.4, 0.5) is 0 Å². The highest BCUT2D eigenvalue weighted by molar-refractivity contribution is 8.02. The van der Waals surface area contributed by atoms with E-state index in [4.69, 9.17) is 10.6 Å². The number of hydrazine groups is 1. The summed E-state index contributed by atoms with van der Waals surface area (Å²) in [5.74, 6) is 5.72. The molecule has 0 radical (unpaired) electrons. The smallest absolute Gasteiger partial charge is 0.299 e. The zero-order valence-electron chi connectivity index (χ0n) is 16.8. The number of nitrogens with two attached hydrogens (primary N) is 1. The fourth-order valence-electron chi connectivity index (χ4n) is 2.69. The van der Waals surface area contributed by atoms with Gasteiger partial charge in [0.05, 0.1) is 16.8 Å². The van der Waals surface area contributed by atoms with E-state index in [0.717, 1.165) is 22.3 Å².